The maximum atomic E-state index is 2.29. The van der Waals surface area contributed by atoms with Crippen molar-refractivity contribution in [1.82, 2.24) is 0 Å². The summed E-state index contributed by atoms with van der Waals surface area (Å²) in [4.78, 5) is 1.51. The van der Waals surface area contributed by atoms with E-state index in [1.54, 1.807) is 5.56 Å². The zero-order chi connectivity index (χ0) is 8.39. The topological polar surface area (TPSA) is 0 Å². The predicted molar refractivity (Wildman–Crippen MR) is 54.8 cm³/mol. The van der Waals surface area contributed by atoms with E-state index in [0.29, 0.717) is 0 Å². The van der Waals surface area contributed by atoms with Gasteiger partial charge in [-0.05, 0) is 36.1 Å². The fraction of sp³-hybridized carbons (Fsp3) is 0.455. The summed E-state index contributed by atoms with van der Waals surface area (Å²) in [6, 6.07) is 8.84. The Bertz CT molecular complexity index is 267. The second kappa shape index (κ2) is 3.53. The van der Waals surface area contributed by atoms with Crippen molar-refractivity contribution < 1.29 is 0 Å². The lowest BCUT2D eigenvalue weighted by Gasteiger charge is -2.23. The molecule has 1 aliphatic rings. The van der Waals surface area contributed by atoms with Gasteiger partial charge < -0.3 is 0 Å². The van der Waals surface area contributed by atoms with Crippen molar-refractivity contribution in [3.8, 4) is 0 Å². The number of thioether (sulfide) groups is 1. The van der Waals surface area contributed by atoms with Gasteiger partial charge in [-0.1, -0.05) is 25.1 Å². The van der Waals surface area contributed by atoms with Crippen molar-refractivity contribution in [2.45, 2.75) is 30.6 Å². The smallest absolute Gasteiger partial charge is 0.0107 e. The third-order valence-electron chi connectivity index (χ3n) is 2.58. The minimum Gasteiger partial charge on any atom is -0.126 e. The normalized spacial score (nSPS) is 21.9. The highest BCUT2D eigenvalue weighted by Crippen LogP contribution is 2.38. The molecule has 0 unspecified atom stereocenters. The average molecular weight is 178 g/mol. The molecule has 0 nitrogen and oxygen atoms in total. The Balaban J connectivity index is 2.37. The van der Waals surface area contributed by atoms with Crippen LogP contribution in [0.4, 0.5) is 0 Å². The first kappa shape index (κ1) is 8.18. The third-order valence-corrected chi connectivity index (χ3v) is 3.70. The summed E-state index contributed by atoms with van der Waals surface area (Å²) in [5.41, 5.74) is 1.58. The van der Waals surface area contributed by atoms with Crippen molar-refractivity contribution >= 4 is 11.8 Å². The molecule has 0 aliphatic carbocycles. The summed E-state index contributed by atoms with van der Waals surface area (Å²) in [6.07, 6.45) is 2.65. The molecule has 1 atom stereocenters. The fourth-order valence-electron chi connectivity index (χ4n) is 1.84. The van der Waals surface area contributed by atoms with Gasteiger partial charge in [-0.25, -0.2) is 0 Å². The van der Waals surface area contributed by atoms with Crippen LogP contribution in [0.15, 0.2) is 29.2 Å². The Morgan fingerprint density at radius 3 is 3.08 bits per heavy atom. The highest BCUT2D eigenvalue weighted by atomic mass is 32.2. The van der Waals surface area contributed by atoms with Crippen LogP contribution in [0.3, 0.4) is 0 Å². The highest BCUT2D eigenvalue weighted by molar-refractivity contribution is 7.99. The molecule has 0 N–H and O–H groups in total. The van der Waals surface area contributed by atoms with Crippen LogP contribution in [-0.4, -0.2) is 5.75 Å². The summed E-state index contributed by atoms with van der Waals surface area (Å²) in [7, 11) is 0. The van der Waals surface area contributed by atoms with E-state index < -0.39 is 0 Å². The second-order valence-electron chi connectivity index (χ2n) is 3.28. The third kappa shape index (κ3) is 1.38. The van der Waals surface area contributed by atoms with Crippen molar-refractivity contribution in [1.29, 1.82) is 0 Å². The van der Waals surface area contributed by atoms with Crippen molar-refractivity contribution in [2.24, 2.45) is 0 Å². The molecule has 1 heterocycles. The fourth-order valence-corrected chi connectivity index (χ4v) is 3.04. The Morgan fingerprint density at radius 1 is 1.42 bits per heavy atom. The Kier molecular flexibility index (Phi) is 2.40. The summed E-state index contributed by atoms with van der Waals surface area (Å²) < 4.78 is 0. The van der Waals surface area contributed by atoms with Crippen molar-refractivity contribution in [2.75, 3.05) is 5.75 Å². The average Bonchev–Trinajstić information content (AvgIpc) is 2.17. The minimum atomic E-state index is 0.822. The van der Waals surface area contributed by atoms with Gasteiger partial charge in [0.25, 0.3) is 0 Å². The largest absolute Gasteiger partial charge is 0.126 e. The van der Waals surface area contributed by atoms with Crippen LogP contribution in [0.25, 0.3) is 0 Å². The lowest BCUT2D eigenvalue weighted by Crippen LogP contribution is -2.05. The zero-order valence-electron chi connectivity index (χ0n) is 7.42. The van der Waals surface area contributed by atoms with Crippen molar-refractivity contribution in [3.63, 3.8) is 0 Å². The number of fused-ring (bicyclic) bond motifs is 1. The Morgan fingerprint density at radius 2 is 2.25 bits per heavy atom. The number of rotatable bonds is 1. The SMILES string of the molecule is CC[C@H]1CCSc2ccccc21. The Hall–Kier alpha value is -0.430. The van der Waals surface area contributed by atoms with Gasteiger partial charge >= 0.3 is 0 Å². The Labute approximate surface area is 78.4 Å². The molecule has 0 bridgehead atoms. The molecule has 1 aromatic rings. The van der Waals surface area contributed by atoms with E-state index in [9.17, 15) is 0 Å². The minimum absolute atomic E-state index is 0.822. The molecule has 0 saturated carbocycles. The van der Waals surface area contributed by atoms with Crippen LogP contribution >= 0.6 is 11.8 Å². The number of hydrogen-bond donors (Lipinski definition) is 0. The summed E-state index contributed by atoms with van der Waals surface area (Å²) in [5, 5.41) is 0. The van der Waals surface area contributed by atoms with E-state index in [1.165, 1.54) is 23.5 Å². The van der Waals surface area contributed by atoms with E-state index in [-0.39, 0.29) is 0 Å². The molecule has 0 spiro atoms. The van der Waals surface area contributed by atoms with Crippen LogP contribution in [0.1, 0.15) is 31.2 Å². The summed E-state index contributed by atoms with van der Waals surface area (Å²) in [5.74, 6) is 2.12. The van der Waals surface area contributed by atoms with Crippen molar-refractivity contribution in [3.05, 3.63) is 29.8 Å². The van der Waals surface area contributed by atoms with Gasteiger partial charge in [0.1, 0.15) is 0 Å². The molecule has 64 valence electrons. The molecule has 12 heavy (non-hydrogen) atoms. The monoisotopic (exact) mass is 178 g/mol. The number of hydrogen-bond acceptors (Lipinski definition) is 1. The van der Waals surface area contributed by atoms with Gasteiger partial charge in [-0.15, -0.1) is 11.8 Å². The molecule has 2 rings (SSSR count). The van der Waals surface area contributed by atoms with Crippen LogP contribution in [0, 0.1) is 0 Å². The number of benzene rings is 1. The lowest BCUT2D eigenvalue weighted by molar-refractivity contribution is 0.627. The van der Waals surface area contributed by atoms with E-state index in [0.717, 1.165) is 5.92 Å². The second-order valence-corrected chi connectivity index (χ2v) is 4.42. The summed E-state index contributed by atoms with van der Waals surface area (Å²) >= 11 is 2.01. The summed E-state index contributed by atoms with van der Waals surface area (Å²) in [6.45, 7) is 2.29. The molecular formula is C11H14S. The van der Waals surface area contributed by atoms with Crippen LogP contribution < -0.4 is 0 Å². The molecule has 1 aromatic carbocycles. The molecule has 1 aliphatic heterocycles. The van der Waals surface area contributed by atoms with Gasteiger partial charge in [0.2, 0.25) is 0 Å². The van der Waals surface area contributed by atoms with Gasteiger partial charge in [0.05, 0.1) is 0 Å². The molecule has 1 heteroatoms. The van der Waals surface area contributed by atoms with Crippen LogP contribution in [0.2, 0.25) is 0 Å². The zero-order valence-corrected chi connectivity index (χ0v) is 8.23. The first-order chi connectivity index (χ1) is 5.92. The molecule has 0 radical (unpaired) electrons. The standard InChI is InChI=1S/C11H14S/c1-2-9-7-8-12-11-6-4-3-5-10(9)11/h3-6,9H,2,7-8H2,1H3/t9-/m0/s1. The van der Waals surface area contributed by atoms with Gasteiger partial charge in [-0.2, -0.15) is 0 Å². The molecule has 0 fully saturated rings. The maximum Gasteiger partial charge on any atom is 0.0107 e. The first-order valence-electron chi connectivity index (χ1n) is 4.63. The van der Waals surface area contributed by atoms with E-state index in [4.69, 9.17) is 0 Å². The highest BCUT2D eigenvalue weighted by Gasteiger charge is 2.17. The van der Waals surface area contributed by atoms with Crippen LogP contribution in [0.5, 0.6) is 0 Å². The lowest BCUT2D eigenvalue weighted by atomic mass is 9.94. The molecule has 0 amide bonds. The molecule has 0 aromatic heterocycles. The molecule has 0 saturated heterocycles. The van der Waals surface area contributed by atoms with Gasteiger partial charge in [-0.3, -0.25) is 0 Å². The maximum absolute atomic E-state index is 2.29. The molecular weight excluding hydrogens is 164 g/mol. The van der Waals surface area contributed by atoms with E-state index >= 15 is 0 Å². The predicted octanol–water partition coefficient (Wildman–Crippen LogP) is 3.68. The first-order valence-corrected chi connectivity index (χ1v) is 5.62. The van der Waals surface area contributed by atoms with Crippen LogP contribution in [-0.2, 0) is 0 Å². The quantitative estimate of drug-likeness (QED) is 0.632. The van der Waals surface area contributed by atoms with E-state index in [2.05, 4.69) is 31.2 Å². The van der Waals surface area contributed by atoms with E-state index in [1.807, 2.05) is 11.8 Å². The van der Waals surface area contributed by atoms with Gasteiger partial charge in [0, 0.05) is 4.90 Å². The van der Waals surface area contributed by atoms with Gasteiger partial charge in [0.15, 0.2) is 0 Å².